The summed E-state index contributed by atoms with van der Waals surface area (Å²) in [7, 11) is 1.40. The van der Waals surface area contributed by atoms with Crippen molar-refractivity contribution >= 4 is 5.91 Å². The highest BCUT2D eigenvalue weighted by Crippen LogP contribution is 2.22. The minimum absolute atomic E-state index is 0.109. The number of hydrogen-bond acceptors (Lipinski definition) is 4. The van der Waals surface area contributed by atoms with Gasteiger partial charge in [0, 0.05) is 6.61 Å². The molecule has 6 heteroatoms. The van der Waals surface area contributed by atoms with Gasteiger partial charge in [0.25, 0.3) is 5.91 Å². The molecule has 0 aliphatic carbocycles. The molecule has 2 aromatic carbocycles. The minimum atomic E-state index is -0.625. The number of hydrogen-bond donors (Lipinski definition) is 1. The third kappa shape index (κ3) is 4.39. The molecule has 0 unspecified atom stereocenters. The van der Waals surface area contributed by atoms with Crippen molar-refractivity contribution in [1.29, 1.82) is 0 Å². The SMILES string of the molecule is COc1cccc(F)c1C(=O)N[C@@H]1COCC[C@@H]1OCc1ccccc1. The highest BCUT2D eigenvalue weighted by molar-refractivity contribution is 5.97. The summed E-state index contributed by atoms with van der Waals surface area (Å²) in [5, 5.41) is 2.83. The van der Waals surface area contributed by atoms with Gasteiger partial charge in [0.1, 0.15) is 17.1 Å². The summed E-state index contributed by atoms with van der Waals surface area (Å²) in [4.78, 5) is 12.6. The van der Waals surface area contributed by atoms with E-state index in [9.17, 15) is 9.18 Å². The van der Waals surface area contributed by atoms with E-state index in [0.29, 0.717) is 26.2 Å². The first-order chi connectivity index (χ1) is 12.7. The van der Waals surface area contributed by atoms with E-state index in [2.05, 4.69) is 5.32 Å². The number of carbonyl (C=O) groups excluding carboxylic acids is 1. The number of methoxy groups -OCH3 is 1. The van der Waals surface area contributed by atoms with Gasteiger partial charge >= 0.3 is 0 Å². The van der Waals surface area contributed by atoms with Crippen LogP contribution in [0, 0.1) is 5.82 Å². The molecule has 1 N–H and O–H groups in total. The van der Waals surface area contributed by atoms with E-state index in [4.69, 9.17) is 14.2 Å². The molecule has 1 aliphatic heterocycles. The Balaban J connectivity index is 1.67. The van der Waals surface area contributed by atoms with Crippen LogP contribution in [-0.2, 0) is 16.1 Å². The van der Waals surface area contributed by atoms with Gasteiger partial charge in [-0.1, -0.05) is 36.4 Å². The number of amides is 1. The second kappa shape index (κ2) is 8.78. The molecule has 1 saturated heterocycles. The number of rotatable bonds is 6. The van der Waals surface area contributed by atoms with Crippen molar-refractivity contribution in [2.75, 3.05) is 20.3 Å². The van der Waals surface area contributed by atoms with E-state index in [1.807, 2.05) is 30.3 Å². The fraction of sp³-hybridized carbons (Fsp3) is 0.350. The molecule has 0 spiro atoms. The first kappa shape index (κ1) is 18.4. The van der Waals surface area contributed by atoms with Gasteiger partial charge in [0.2, 0.25) is 0 Å². The molecule has 2 atom stereocenters. The van der Waals surface area contributed by atoms with E-state index in [1.54, 1.807) is 6.07 Å². The van der Waals surface area contributed by atoms with Crippen LogP contribution in [0.5, 0.6) is 5.75 Å². The van der Waals surface area contributed by atoms with Gasteiger partial charge in [-0.2, -0.15) is 0 Å². The Hall–Kier alpha value is -2.44. The molecule has 1 heterocycles. The maximum atomic E-state index is 14.1. The van der Waals surface area contributed by atoms with Gasteiger partial charge < -0.3 is 19.5 Å². The minimum Gasteiger partial charge on any atom is -0.496 e. The van der Waals surface area contributed by atoms with Crippen molar-refractivity contribution in [2.45, 2.75) is 25.2 Å². The molecular formula is C20H22FNO4. The fourth-order valence-corrected chi connectivity index (χ4v) is 2.97. The van der Waals surface area contributed by atoms with Crippen LogP contribution in [0.4, 0.5) is 4.39 Å². The number of carbonyl (C=O) groups is 1. The Morgan fingerprint density at radius 2 is 2.04 bits per heavy atom. The average Bonchev–Trinajstić information content (AvgIpc) is 2.67. The Bertz CT molecular complexity index is 738. The highest BCUT2D eigenvalue weighted by atomic mass is 19.1. The molecule has 0 saturated carbocycles. The van der Waals surface area contributed by atoms with Crippen molar-refractivity contribution in [3.63, 3.8) is 0 Å². The third-order valence-electron chi connectivity index (χ3n) is 4.34. The van der Waals surface area contributed by atoms with Crippen LogP contribution in [0.2, 0.25) is 0 Å². The predicted molar refractivity (Wildman–Crippen MR) is 94.7 cm³/mol. The molecule has 1 fully saturated rings. The summed E-state index contributed by atoms with van der Waals surface area (Å²) in [6.45, 7) is 1.33. The van der Waals surface area contributed by atoms with Crippen molar-refractivity contribution in [1.82, 2.24) is 5.32 Å². The van der Waals surface area contributed by atoms with Crippen LogP contribution < -0.4 is 10.1 Å². The van der Waals surface area contributed by atoms with E-state index in [0.717, 1.165) is 5.56 Å². The zero-order valence-corrected chi connectivity index (χ0v) is 14.6. The Morgan fingerprint density at radius 3 is 2.81 bits per heavy atom. The smallest absolute Gasteiger partial charge is 0.258 e. The first-order valence-electron chi connectivity index (χ1n) is 8.55. The van der Waals surface area contributed by atoms with Gasteiger partial charge in [-0.05, 0) is 24.1 Å². The van der Waals surface area contributed by atoms with E-state index >= 15 is 0 Å². The topological polar surface area (TPSA) is 56.8 Å². The molecule has 5 nitrogen and oxygen atoms in total. The Labute approximate surface area is 152 Å². The van der Waals surface area contributed by atoms with E-state index < -0.39 is 11.7 Å². The summed E-state index contributed by atoms with van der Waals surface area (Å²) >= 11 is 0. The lowest BCUT2D eigenvalue weighted by atomic mass is 10.1. The molecule has 138 valence electrons. The monoisotopic (exact) mass is 359 g/mol. The van der Waals surface area contributed by atoms with E-state index in [-0.39, 0.29) is 23.5 Å². The van der Waals surface area contributed by atoms with E-state index in [1.165, 1.54) is 19.2 Å². The Morgan fingerprint density at radius 1 is 1.23 bits per heavy atom. The molecule has 2 aromatic rings. The molecule has 0 radical (unpaired) electrons. The largest absolute Gasteiger partial charge is 0.496 e. The van der Waals surface area contributed by atoms with Crippen LogP contribution in [0.15, 0.2) is 48.5 Å². The lowest BCUT2D eigenvalue weighted by Crippen LogP contribution is -2.50. The van der Waals surface area contributed by atoms with Gasteiger partial charge in [-0.25, -0.2) is 4.39 Å². The normalized spacial score (nSPS) is 19.8. The van der Waals surface area contributed by atoms with Gasteiger partial charge in [0.15, 0.2) is 0 Å². The van der Waals surface area contributed by atoms with Crippen LogP contribution in [0.1, 0.15) is 22.3 Å². The second-order valence-corrected chi connectivity index (χ2v) is 6.10. The maximum Gasteiger partial charge on any atom is 0.258 e. The van der Waals surface area contributed by atoms with Crippen molar-refractivity contribution in [3.05, 3.63) is 65.5 Å². The molecule has 1 aliphatic rings. The summed E-state index contributed by atoms with van der Waals surface area (Å²) in [5.74, 6) is -0.968. The third-order valence-corrected chi connectivity index (χ3v) is 4.34. The van der Waals surface area contributed by atoms with Crippen molar-refractivity contribution in [3.8, 4) is 5.75 Å². The molecule has 1 amide bonds. The van der Waals surface area contributed by atoms with Gasteiger partial charge in [0.05, 0.1) is 32.5 Å². The summed E-state index contributed by atoms with van der Waals surface area (Å²) < 4.78 is 30.7. The van der Waals surface area contributed by atoms with Crippen LogP contribution in [-0.4, -0.2) is 38.4 Å². The lowest BCUT2D eigenvalue weighted by molar-refractivity contribution is -0.0605. The highest BCUT2D eigenvalue weighted by Gasteiger charge is 2.30. The predicted octanol–water partition coefficient (Wildman–Crippen LogP) is 2.94. The fourth-order valence-electron chi connectivity index (χ4n) is 2.97. The van der Waals surface area contributed by atoms with Gasteiger partial charge in [-0.15, -0.1) is 0 Å². The molecule has 0 bridgehead atoms. The quantitative estimate of drug-likeness (QED) is 0.862. The lowest BCUT2D eigenvalue weighted by Gasteiger charge is -2.32. The second-order valence-electron chi connectivity index (χ2n) is 6.10. The molecule has 0 aromatic heterocycles. The average molecular weight is 359 g/mol. The zero-order chi connectivity index (χ0) is 18.4. The van der Waals surface area contributed by atoms with Crippen molar-refractivity contribution in [2.24, 2.45) is 0 Å². The molecule has 3 rings (SSSR count). The number of halogens is 1. The number of benzene rings is 2. The van der Waals surface area contributed by atoms with Crippen molar-refractivity contribution < 1.29 is 23.4 Å². The molecular weight excluding hydrogens is 337 g/mol. The standard InChI is InChI=1S/C20H22FNO4/c1-24-18-9-5-8-15(21)19(18)20(23)22-16-13-25-11-10-17(16)26-12-14-6-3-2-4-7-14/h2-9,16-17H,10-13H2,1H3,(H,22,23)/t16-,17+/m1/s1. The maximum absolute atomic E-state index is 14.1. The number of nitrogens with one attached hydrogen (secondary N) is 1. The first-order valence-corrected chi connectivity index (χ1v) is 8.55. The van der Waals surface area contributed by atoms with Crippen LogP contribution >= 0.6 is 0 Å². The Kier molecular flexibility index (Phi) is 6.20. The van der Waals surface area contributed by atoms with Gasteiger partial charge in [-0.3, -0.25) is 4.79 Å². The summed E-state index contributed by atoms with van der Waals surface area (Å²) in [6, 6.07) is 13.7. The molecule has 26 heavy (non-hydrogen) atoms. The zero-order valence-electron chi connectivity index (χ0n) is 14.6. The number of ether oxygens (including phenoxy) is 3. The van der Waals surface area contributed by atoms with Crippen LogP contribution in [0.3, 0.4) is 0 Å². The van der Waals surface area contributed by atoms with Crippen LogP contribution in [0.25, 0.3) is 0 Å². The summed E-state index contributed by atoms with van der Waals surface area (Å²) in [5.41, 5.74) is 0.947. The summed E-state index contributed by atoms with van der Waals surface area (Å²) in [6.07, 6.45) is 0.456.